The molecule has 11 heteroatoms. The largest absolute Gasteiger partial charge is 0.481 e. The lowest BCUT2D eigenvalue weighted by Gasteiger charge is -2.10. The average Bonchev–Trinajstić information content (AvgIpc) is 2.67. The maximum Gasteiger partial charge on any atom is 0.263 e. The molecule has 1 heterocycles. The summed E-state index contributed by atoms with van der Waals surface area (Å²) in [5, 5.41) is 3.31. The smallest absolute Gasteiger partial charge is 0.263 e. The summed E-state index contributed by atoms with van der Waals surface area (Å²) >= 11 is 11.8. The van der Waals surface area contributed by atoms with E-state index >= 15 is 0 Å². The van der Waals surface area contributed by atoms with Gasteiger partial charge in [0.1, 0.15) is 12.1 Å². The van der Waals surface area contributed by atoms with E-state index in [4.69, 9.17) is 27.9 Å². The van der Waals surface area contributed by atoms with Crippen LogP contribution in [0.2, 0.25) is 10.0 Å². The van der Waals surface area contributed by atoms with Gasteiger partial charge in [-0.25, -0.2) is 18.4 Å². The first kappa shape index (κ1) is 20.8. The van der Waals surface area contributed by atoms with E-state index < -0.39 is 15.9 Å². The Kier molecular flexibility index (Phi) is 6.21. The van der Waals surface area contributed by atoms with E-state index in [0.717, 1.165) is 0 Å². The summed E-state index contributed by atoms with van der Waals surface area (Å²) < 4.78 is 32.3. The predicted molar refractivity (Wildman–Crippen MR) is 110 cm³/mol. The minimum atomic E-state index is -3.89. The number of halogens is 2. The first-order chi connectivity index (χ1) is 13.8. The number of rotatable bonds is 6. The molecule has 0 aliphatic carbocycles. The number of hydrogen-bond donors (Lipinski definition) is 2. The van der Waals surface area contributed by atoms with Crippen LogP contribution in [0.15, 0.2) is 59.8 Å². The van der Waals surface area contributed by atoms with Gasteiger partial charge in [-0.2, -0.15) is 0 Å². The van der Waals surface area contributed by atoms with Crippen LogP contribution in [-0.2, 0) is 10.0 Å². The number of benzene rings is 2. The molecule has 150 valence electrons. The third-order valence-corrected chi connectivity index (χ3v) is 5.44. The van der Waals surface area contributed by atoms with E-state index in [9.17, 15) is 13.2 Å². The first-order valence-electron chi connectivity index (χ1n) is 8.03. The van der Waals surface area contributed by atoms with Crippen molar-refractivity contribution in [1.29, 1.82) is 0 Å². The summed E-state index contributed by atoms with van der Waals surface area (Å²) in [5.41, 5.74) is 0.673. The maximum absolute atomic E-state index is 12.5. The number of sulfonamides is 1. The van der Waals surface area contributed by atoms with Crippen LogP contribution in [0.25, 0.3) is 0 Å². The second-order valence-corrected chi connectivity index (χ2v) is 8.24. The Bertz CT molecular complexity index is 1130. The maximum atomic E-state index is 12.5. The van der Waals surface area contributed by atoms with E-state index in [1.165, 1.54) is 62.0 Å². The number of carbonyl (C=O) groups excluding carboxylic acids is 1. The molecule has 0 saturated carbocycles. The van der Waals surface area contributed by atoms with Crippen LogP contribution in [0.4, 0.5) is 11.5 Å². The summed E-state index contributed by atoms with van der Waals surface area (Å²) in [4.78, 5) is 20.0. The fourth-order valence-electron chi connectivity index (χ4n) is 2.31. The molecule has 29 heavy (non-hydrogen) atoms. The normalized spacial score (nSPS) is 11.0. The molecule has 1 aromatic heterocycles. The number of nitrogens with zero attached hydrogens (tertiary/aromatic N) is 2. The zero-order valence-corrected chi connectivity index (χ0v) is 17.2. The molecule has 8 nitrogen and oxygen atoms in total. The standard InChI is InChI=1S/C18H14Cl2N4O4S/c1-28-17-9-16(21-10-22-17)24-29(26,27)15-4-2-14(3-5-15)23-18(25)11-6-12(19)8-13(20)7-11/h2-10H,1H3,(H,23,25)(H,21,22,24). The van der Waals surface area contributed by atoms with Crippen molar-refractivity contribution in [3.63, 3.8) is 0 Å². The number of aromatic nitrogens is 2. The van der Waals surface area contributed by atoms with Crippen molar-refractivity contribution in [1.82, 2.24) is 9.97 Å². The summed E-state index contributed by atoms with van der Waals surface area (Å²) in [6.45, 7) is 0. The van der Waals surface area contributed by atoms with Crippen molar-refractivity contribution in [2.75, 3.05) is 17.1 Å². The molecule has 0 unspecified atom stereocenters. The second kappa shape index (κ2) is 8.64. The van der Waals surface area contributed by atoms with Gasteiger partial charge in [-0.05, 0) is 42.5 Å². The van der Waals surface area contributed by atoms with Crippen molar-refractivity contribution in [3.8, 4) is 5.88 Å². The molecule has 3 rings (SSSR count). The second-order valence-electron chi connectivity index (χ2n) is 5.69. The van der Waals surface area contributed by atoms with E-state index in [0.29, 0.717) is 15.7 Å². The van der Waals surface area contributed by atoms with Crippen LogP contribution >= 0.6 is 23.2 Å². The van der Waals surface area contributed by atoms with Gasteiger partial charge >= 0.3 is 0 Å². The van der Waals surface area contributed by atoms with Crippen molar-refractivity contribution in [2.45, 2.75) is 4.90 Å². The third kappa shape index (κ3) is 5.35. The summed E-state index contributed by atoms with van der Waals surface area (Å²) in [7, 11) is -2.48. The van der Waals surface area contributed by atoms with Crippen LogP contribution in [0.5, 0.6) is 5.88 Å². The molecular weight excluding hydrogens is 439 g/mol. The van der Waals surface area contributed by atoms with Crippen LogP contribution in [0.1, 0.15) is 10.4 Å². The lowest BCUT2D eigenvalue weighted by atomic mass is 10.2. The minimum Gasteiger partial charge on any atom is -0.481 e. The molecule has 0 spiro atoms. The number of carbonyl (C=O) groups is 1. The summed E-state index contributed by atoms with van der Waals surface area (Å²) in [5.74, 6) is -0.153. The van der Waals surface area contributed by atoms with Gasteiger partial charge < -0.3 is 10.1 Å². The van der Waals surface area contributed by atoms with Crippen molar-refractivity contribution in [2.24, 2.45) is 0 Å². The summed E-state index contributed by atoms with van der Waals surface area (Å²) in [6, 6.07) is 11.4. The van der Waals surface area contributed by atoms with Gasteiger partial charge in [0, 0.05) is 27.4 Å². The Balaban J connectivity index is 1.74. The highest BCUT2D eigenvalue weighted by molar-refractivity contribution is 7.92. The van der Waals surface area contributed by atoms with Crippen molar-refractivity contribution in [3.05, 3.63) is 70.5 Å². The first-order valence-corrected chi connectivity index (χ1v) is 10.3. The molecule has 0 aliphatic heterocycles. The number of nitrogens with one attached hydrogen (secondary N) is 2. The summed E-state index contributed by atoms with van der Waals surface area (Å²) in [6.07, 6.45) is 1.18. The van der Waals surface area contributed by atoms with Gasteiger partial charge in [0.05, 0.1) is 12.0 Å². The molecule has 0 fully saturated rings. The van der Waals surface area contributed by atoms with E-state index in [2.05, 4.69) is 20.0 Å². The average molecular weight is 453 g/mol. The number of hydrogen-bond acceptors (Lipinski definition) is 6. The van der Waals surface area contributed by atoms with Crippen molar-refractivity contribution >= 4 is 50.6 Å². The van der Waals surface area contributed by atoms with E-state index in [1.807, 2.05) is 0 Å². The molecule has 1 amide bonds. The molecule has 0 radical (unpaired) electrons. The van der Waals surface area contributed by atoms with Crippen molar-refractivity contribution < 1.29 is 17.9 Å². The highest BCUT2D eigenvalue weighted by Gasteiger charge is 2.16. The van der Waals surface area contributed by atoms with Gasteiger partial charge in [-0.3, -0.25) is 9.52 Å². The topological polar surface area (TPSA) is 110 Å². The Morgan fingerprint density at radius 2 is 1.66 bits per heavy atom. The molecule has 2 N–H and O–H groups in total. The van der Waals surface area contributed by atoms with Crippen LogP contribution in [0, 0.1) is 0 Å². The van der Waals surface area contributed by atoms with Crippen LogP contribution < -0.4 is 14.8 Å². The van der Waals surface area contributed by atoms with Gasteiger partial charge in [-0.1, -0.05) is 23.2 Å². The van der Waals surface area contributed by atoms with Gasteiger partial charge in [0.25, 0.3) is 15.9 Å². The zero-order chi connectivity index (χ0) is 21.0. The fraction of sp³-hybridized carbons (Fsp3) is 0.0556. The third-order valence-electron chi connectivity index (χ3n) is 3.64. The SMILES string of the molecule is COc1cc(NS(=O)(=O)c2ccc(NC(=O)c3cc(Cl)cc(Cl)c3)cc2)ncn1. The highest BCUT2D eigenvalue weighted by Crippen LogP contribution is 2.22. The Morgan fingerprint density at radius 3 is 2.28 bits per heavy atom. The molecular formula is C18H14Cl2N4O4S. The molecule has 0 aliphatic rings. The van der Waals surface area contributed by atoms with E-state index in [1.54, 1.807) is 0 Å². The number of anilines is 2. The van der Waals surface area contributed by atoms with Gasteiger partial charge in [0.2, 0.25) is 5.88 Å². The van der Waals surface area contributed by atoms with Crippen LogP contribution in [0.3, 0.4) is 0 Å². The monoisotopic (exact) mass is 452 g/mol. The number of ether oxygens (including phenoxy) is 1. The quantitative estimate of drug-likeness (QED) is 0.587. The molecule has 3 aromatic rings. The highest BCUT2D eigenvalue weighted by atomic mass is 35.5. The fourth-order valence-corrected chi connectivity index (χ4v) is 3.83. The predicted octanol–water partition coefficient (Wildman–Crippen LogP) is 3.85. The minimum absolute atomic E-state index is 0.0149. The zero-order valence-electron chi connectivity index (χ0n) is 14.9. The lowest BCUT2D eigenvalue weighted by molar-refractivity contribution is 0.102. The van der Waals surface area contributed by atoms with Gasteiger partial charge in [0.15, 0.2) is 0 Å². The number of methoxy groups -OCH3 is 1. The molecule has 2 aromatic carbocycles. The van der Waals surface area contributed by atoms with Gasteiger partial charge in [-0.15, -0.1) is 0 Å². The lowest BCUT2D eigenvalue weighted by Crippen LogP contribution is -2.15. The molecule has 0 saturated heterocycles. The van der Waals surface area contributed by atoms with E-state index in [-0.39, 0.29) is 22.2 Å². The Hall–Kier alpha value is -2.88. The number of amides is 1. The Labute approximate surface area is 176 Å². The molecule has 0 atom stereocenters. The van der Waals surface area contributed by atoms with Crippen LogP contribution in [-0.4, -0.2) is 31.4 Å². The molecule has 0 bridgehead atoms. The Morgan fingerprint density at radius 1 is 1.00 bits per heavy atom.